The minimum Gasteiger partial charge on any atom is -0.504 e. The van der Waals surface area contributed by atoms with Gasteiger partial charge in [-0.25, -0.2) is 0 Å². The number of hydrogen-bond acceptors (Lipinski definition) is 8. The fourth-order valence-electron chi connectivity index (χ4n) is 14.3. The van der Waals surface area contributed by atoms with Crippen LogP contribution in [0, 0.1) is 34.5 Å². The maximum absolute atomic E-state index is 13.6. The summed E-state index contributed by atoms with van der Waals surface area (Å²) in [6, 6.07) is 26.5. The molecule has 0 radical (unpaired) electrons. The average Bonchev–Trinajstić information content (AvgIpc) is 3.25. The van der Waals surface area contributed by atoms with E-state index in [1.165, 1.54) is 56.7 Å². The van der Waals surface area contributed by atoms with Gasteiger partial charge in [-0.1, -0.05) is 59.6 Å². The molecule has 8 bridgehead atoms. The van der Waals surface area contributed by atoms with Crippen molar-refractivity contribution in [1.82, 2.24) is 10.6 Å². The predicted molar refractivity (Wildman–Crippen MR) is 253 cm³/mol. The molecule has 8 aliphatic carbocycles. The zero-order valence-electron chi connectivity index (χ0n) is 37.8. The number of phenolic OH excluding ortho intramolecular Hbond substituents is 2. The van der Waals surface area contributed by atoms with E-state index < -0.39 is 11.9 Å². The van der Waals surface area contributed by atoms with Gasteiger partial charge in [0.15, 0.2) is 23.0 Å². The summed E-state index contributed by atoms with van der Waals surface area (Å²) in [4.78, 5) is 49.9. The third kappa shape index (κ3) is 9.42. The Hall–Kier alpha value is -5.06. The number of nitrogens with one attached hydrogen (secondary N) is 2. The van der Waals surface area contributed by atoms with Crippen LogP contribution in [-0.4, -0.2) is 47.1 Å². The van der Waals surface area contributed by atoms with Crippen molar-refractivity contribution in [2.75, 3.05) is 13.1 Å². The summed E-state index contributed by atoms with van der Waals surface area (Å²) in [5, 5.41) is 27.1. The zero-order valence-corrected chi connectivity index (χ0v) is 39.3. The molecule has 0 aromatic heterocycles. The van der Waals surface area contributed by atoms with Crippen molar-refractivity contribution in [2.45, 2.75) is 115 Å². The van der Waals surface area contributed by atoms with E-state index in [1.807, 2.05) is 30.3 Å². The topological polar surface area (TPSA) is 151 Å². The first kappa shape index (κ1) is 46.1. The lowest BCUT2D eigenvalue weighted by molar-refractivity contribution is -0.149. The van der Waals surface area contributed by atoms with Crippen molar-refractivity contribution in [3.05, 3.63) is 117 Å². The van der Waals surface area contributed by atoms with Gasteiger partial charge in [0.05, 0.1) is 10.8 Å². The second-order valence-electron chi connectivity index (χ2n) is 20.9. The summed E-state index contributed by atoms with van der Waals surface area (Å²) >= 11 is 12.3. The molecule has 4 N–H and O–H groups in total. The molecule has 8 fully saturated rings. The number of benzene rings is 4. The molecule has 12 heteroatoms. The number of hydrogen-bond donors (Lipinski definition) is 4. The lowest BCUT2D eigenvalue weighted by atomic mass is 9.42. The molecule has 12 rings (SSSR count). The molecule has 8 aliphatic rings. The molecule has 0 spiro atoms. The first-order valence-corrected chi connectivity index (χ1v) is 24.4. The van der Waals surface area contributed by atoms with Gasteiger partial charge in [0.1, 0.15) is 0 Å². The number of rotatable bonds is 12. The molecule has 2 amide bonds. The molecular formula is C54H60Cl2N2O8. The van der Waals surface area contributed by atoms with Crippen molar-refractivity contribution in [3.8, 4) is 23.0 Å². The molecule has 0 saturated heterocycles. The second kappa shape index (κ2) is 18.2. The van der Waals surface area contributed by atoms with Gasteiger partial charge in [0.2, 0.25) is 11.8 Å². The number of amides is 2. The summed E-state index contributed by atoms with van der Waals surface area (Å²) in [7, 11) is 0. The first-order chi connectivity index (χ1) is 31.5. The van der Waals surface area contributed by atoms with Crippen LogP contribution >= 0.6 is 23.2 Å². The standard InChI is InChI=1S/C29H32ClNO5.C25H28ClNO3/c1-18(32)35-25-8-3-20(12-26(25)36-19(2)33)9-10-31-27(34)29-15-21-11-22(16-29)14-28(13-21,17-29)23-4-6-24(30)7-5-23;26-20-4-2-19(3-5-20)24-11-17-9-18(12-24)14-25(13-17,15-24)23(30)27-8-7-16-1-6-21(28)22(29)10-16/h3-8,12,21-22H,9-11,13-17H2,1-2H3,(H,31,34);1-6,10,17-18,28-29H,7-9,11-15H2,(H,27,30). The van der Waals surface area contributed by atoms with Crippen LogP contribution in [0.2, 0.25) is 10.0 Å². The summed E-state index contributed by atoms with van der Waals surface area (Å²) in [6.07, 6.45) is 14.2. The van der Waals surface area contributed by atoms with Crippen molar-refractivity contribution < 1.29 is 38.9 Å². The largest absolute Gasteiger partial charge is 0.504 e. The fraction of sp³-hybridized carbons (Fsp3) is 0.481. The van der Waals surface area contributed by atoms with Gasteiger partial charge < -0.3 is 30.3 Å². The Kier molecular flexibility index (Phi) is 12.7. The Morgan fingerprint density at radius 3 is 1.38 bits per heavy atom. The molecule has 348 valence electrons. The smallest absolute Gasteiger partial charge is 0.308 e. The summed E-state index contributed by atoms with van der Waals surface area (Å²) in [5.41, 5.74) is 4.04. The maximum Gasteiger partial charge on any atom is 0.308 e. The van der Waals surface area contributed by atoms with Gasteiger partial charge in [0, 0.05) is 37.0 Å². The minimum atomic E-state index is -0.495. The Labute approximate surface area is 397 Å². The third-order valence-corrected chi connectivity index (χ3v) is 16.5. The number of halogens is 2. The molecule has 4 aromatic rings. The molecule has 4 aromatic carbocycles. The van der Waals surface area contributed by atoms with Crippen molar-refractivity contribution in [1.29, 1.82) is 0 Å². The normalized spacial score (nSPS) is 29.6. The van der Waals surface area contributed by atoms with Gasteiger partial charge in [0.25, 0.3) is 0 Å². The molecule has 66 heavy (non-hydrogen) atoms. The molecule has 8 saturated carbocycles. The number of esters is 2. The Morgan fingerprint density at radius 1 is 0.545 bits per heavy atom. The first-order valence-electron chi connectivity index (χ1n) is 23.6. The van der Waals surface area contributed by atoms with Crippen LogP contribution in [0.15, 0.2) is 84.9 Å². The van der Waals surface area contributed by atoms with Gasteiger partial charge in [-0.15, -0.1) is 0 Å². The predicted octanol–water partition coefficient (Wildman–Crippen LogP) is 10.3. The third-order valence-electron chi connectivity index (χ3n) is 16.0. The van der Waals surface area contributed by atoms with Crippen LogP contribution in [-0.2, 0) is 42.8 Å². The minimum absolute atomic E-state index is 0.0670. The lowest BCUT2D eigenvalue weighted by Crippen LogP contribution is -2.59. The highest BCUT2D eigenvalue weighted by molar-refractivity contribution is 6.30. The Balaban J connectivity index is 0.000000169. The van der Waals surface area contributed by atoms with E-state index in [0.717, 1.165) is 72.5 Å². The van der Waals surface area contributed by atoms with Crippen molar-refractivity contribution in [3.63, 3.8) is 0 Å². The van der Waals surface area contributed by atoms with Gasteiger partial charge in [-0.2, -0.15) is 0 Å². The average molecular weight is 936 g/mol. The number of carbonyl (C=O) groups excluding carboxylic acids is 4. The van der Waals surface area contributed by atoms with Crippen LogP contribution in [0.1, 0.15) is 113 Å². The van der Waals surface area contributed by atoms with Crippen molar-refractivity contribution in [2.24, 2.45) is 34.5 Å². The second-order valence-corrected chi connectivity index (χ2v) is 21.7. The van der Waals surface area contributed by atoms with E-state index >= 15 is 0 Å². The van der Waals surface area contributed by atoms with E-state index in [1.54, 1.807) is 24.3 Å². The number of ether oxygens (including phenoxy) is 2. The van der Waals surface area contributed by atoms with Gasteiger partial charge >= 0.3 is 11.9 Å². The molecular weight excluding hydrogens is 876 g/mol. The van der Waals surface area contributed by atoms with E-state index in [0.29, 0.717) is 49.6 Å². The quantitative estimate of drug-likeness (QED) is 0.0623. The molecule has 10 nitrogen and oxygen atoms in total. The highest BCUT2D eigenvalue weighted by Gasteiger charge is 2.62. The highest BCUT2D eigenvalue weighted by Crippen LogP contribution is 2.67. The number of phenols is 2. The van der Waals surface area contributed by atoms with Crippen LogP contribution in [0.3, 0.4) is 0 Å². The van der Waals surface area contributed by atoms with E-state index in [2.05, 4.69) is 34.9 Å². The summed E-state index contributed by atoms with van der Waals surface area (Å²) in [5.74, 6) is 1.96. The van der Waals surface area contributed by atoms with Crippen LogP contribution in [0.4, 0.5) is 0 Å². The van der Waals surface area contributed by atoms with E-state index in [9.17, 15) is 29.4 Å². The maximum atomic E-state index is 13.6. The lowest BCUT2D eigenvalue weighted by Gasteiger charge is -2.61. The molecule has 4 atom stereocenters. The van der Waals surface area contributed by atoms with Crippen LogP contribution < -0.4 is 20.1 Å². The fourth-order valence-corrected chi connectivity index (χ4v) is 14.5. The SMILES string of the molecule is CC(=O)Oc1ccc(CCNC(=O)C23CC4CC(C2)CC(c2ccc(Cl)cc2)(C4)C3)cc1OC(C)=O.O=C(NCCc1ccc(O)c(O)c1)C12CC3CC(C1)CC(c1ccc(Cl)cc1)(C3)C2. The highest BCUT2D eigenvalue weighted by atomic mass is 35.5. The van der Waals surface area contributed by atoms with E-state index in [4.69, 9.17) is 32.7 Å². The number of carbonyl (C=O) groups is 4. The summed E-state index contributed by atoms with van der Waals surface area (Å²) in [6.45, 7) is 3.61. The number of aromatic hydroxyl groups is 2. The van der Waals surface area contributed by atoms with E-state index in [-0.39, 0.29) is 56.5 Å². The molecule has 4 unspecified atom stereocenters. The van der Waals surface area contributed by atoms with Crippen molar-refractivity contribution >= 4 is 47.0 Å². The monoisotopic (exact) mass is 934 g/mol. The van der Waals surface area contributed by atoms with Gasteiger partial charge in [-0.3, -0.25) is 19.2 Å². The van der Waals surface area contributed by atoms with Gasteiger partial charge in [-0.05, 0) is 195 Å². The Bertz CT molecular complexity index is 2480. The Morgan fingerprint density at radius 2 is 0.955 bits per heavy atom. The van der Waals surface area contributed by atoms with Crippen LogP contribution in [0.5, 0.6) is 23.0 Å². The molecule has 0 aliphatic heterocycles. The zero-order chi connectivity index (χ0) is 46.4. The molecule has 0 heterocycles. The summed E-state index contributed by atoms with van der Waals surface area (Å²) < 4.78 is 10.4. The van der Waals surface area contributed by atoms with Crippen LogP contribution in [0.25, 0.3) is 0 Å².